The quantitative estimate of drug-likeness (QED) is 0.297. The lowest BCUT2D eigenvalue weighted by atomic mass is 9.90. The molecule has 0 radical (unpaired) electrons. The summed E-state index contributed by atoms with van der Waals surface area (Å²) in [5, 5.41) is 2.72. The second-order valence-electron chi connectivity index (χ2n) is 9.82. The third kappa shape index (κ3) is 3.54. The van der Waals surface area contributed by atoms with Crippen molar-refractivity contribution in [2.45, 2.75) is 59.3 Å². The highest BCUT2D eigenvalue weighted by atomic mass is 14.9. The summed E-state index contributed by atoms with van der Waals surface area (Å²) in [6.45, 7) is 8.90. The van der Waals surface area contributed by atoms with E-state index in [9.17, 15) is 0 Å². The molecule has 0 amide bonds. The molecular weight excluding hydrogens is 386 g/mol. The highest BCUT2D eigenvalue weighted by Crippen LogP contribution is 2.38. The first-order valence-electron chi connectivity index (χ1n) is 12.0. The number of hydrogen-bond donors (Lipinski definition) is 0. The summed E-state index contributed by atoms with van der Waals surface area (Å²) in [6.07, 6.45) is 5.44. The van der Waals surface area contributed by atoms with Crippen LogP contribution in [-0.4, -0.2) is 0 Å². The maximum atomic E-state index is 2.46. The highest BCUT2D eigenvalue weighted by Gasteiger charge is 2.22. The fraction of sp³-hybridized carbons (Fsp3) is 0.323. The van der Waals surface area contributed by atoms with Crippen LogP contribution in [0.2, 0.25) is 0 Å². The fourth-order valence-corrected chi connectivity index (χ4v) is 5.79. The van der Waals surface area contributed by atoms with Gasteiger partial charge in [0.25, 0.3) is 0 Å². The normalized spacial score (nSPS) is 14.4. The van der Waals surface area contributed by atoms with Gasteiger partial charge in [-0.15, -0.1) is 0 Å². The minimum Gasteiger partial charge on any atom is -0.198 e. The monoisotopic (exact) mass is 420 g/mol. The summed E-state index contributed by atoms with van der Waals surface area (Å²) in [7, 11) is 2.20. The summed E-state index contributed by atoms with van der Waals surface area (Å²) >= 11 is 0. The summed E-state index contributed by atoms with van der Waals surface area (Å²) in [5.74, 6) is 0.746. The minimum absolute atomic E-state index is 0.746. The maximum Gasteiger partial charge on any atom is 0.220 e. The van der Waals surface area contributed by atoms with E-state index >= 15 is 0 Å². The molecule has 1 heterocycles. The number of rotatable bonds is 3. The molecule has 0 aliphatic heterocycles. The molecular formula is C31H34N+. The Morgan fingerprint density at radius 2 is 1.47 bits per heavy atom. The summed E-state index contributed by atoms with van der Waals surface area (Å²) in [6, 6.07) is 23.1. The van der Waals surface area contributed by atoms with E-state index in [-0.39, 0.29) is 0 Å². The van der Waals surface area contributed by atoms with E-state index in [0.29, 0.717) is 0 Å². The molecule has 4 aromatic rings. The zero-order chi connectivity index (χ0) is 22.4. The van der Waals surface area contributed by atoms with Gasteiger partial charge in [-0.05, 0) is 90.4 Å². The number of pyridine rings is 1. The highest BCUT2D eigenvalue weighted by molar-refractivity contribution is 5.94. The number of benzene rings is 3. The number of fused-ring (bicyclic) bond motifs is 1. The molecule has 1 aromatic heterocycles. The molecule has 0 saturated heterocycles. The average molecular weight is 421 g/mol. The number of nitrogens with zero attached hydrogens (tertiary/aromatic N) is 1. The van der Waals surface area contributed by atoms with Gasteiger partial charge in [0.1, 0.15) is 7.05 Å². The Morgan fingerprint density at radius 1 is 0.750 bits per heavy atom. The number of hydrogen-bond acceptors (Lipinski definition) is 0. The van der Waals surface area contributed by atoms with Gasteiger partial charge in [0, 0.05) is 18.6 Å². The Morgan fingerprint density at radius 3 is 2.16 bits per heavy atom. The molecule has 1 nitrogen and oxygen atoms in total. The molecule has 1 aliphatic rings. The zero-order valence-corrected chi connectivity index (χ0v) is 20.1. The first kappa shape index (κ1) is 20.9. The van der Waals surface area contributed by atoms with Crippen molar-refractivity contribution in [3.63, 3.8) is 0 Å². The molecule has 0 N–H and O–H groups in total. The Labute approximate surface area is 192 Å². The molecule has 0 atom stereocenters. The van der Waals surface area contributed by atoms with Crippen molar-refractivity contribution in [2.75, 3.05) is 0 Å². The van der Waals surface area contributed by atoms with Gasteiger partial charge in [0.15, 0.2) is 5.69 Å². The third-order valence-corrected chi connectivity index (χ3v) is 7.64. The largest absolute Gasteiger partial charge is 0.220 e. The lowest BCUT2D eigenvalue weighted by Crippen LogP contribution is -2.35. The van der Waals surface area contributed by atoms with Gasteiger partial charge in [-0.25, -0.2) is 0 Å². The van der Waals surface area contributed by atoms with Gasteiger partial charge in [0.2, 0.25) is 5.69 Å². The fourth-order valence-electron chi connectivity index (χ4n) is 5.79. The number of aryl methyl sites for hydroxylation is 4. The summed E-state index contributed by atoms with van der Waals surface area (Å²) in [4.78, 5) is 0. The molecule has 1 saturated carbocycles. The average Bonchev–Trinajstić information content (AvgIpc) is 3.30. The molecule has 3 aromatic carbocycles. The Bertz CT molecular complexity index is 1300. The van der Waals surface area contributed by atoms with Crippen molar-refractivity contribution < 1.29 is 4.57 Å². The van der Waals surface area contributed by atoms with E-state index in [0.717, 1.165) is 5.92 Å². The second-order valence-corrected chi connectivity index (χ2v) is 9.82. The third-order valence-electron chi connectivity index (χ3n) is 7.64. The van der Waals surface area contributed by atoms with E-state index in [1.54, 1.807) is 0 Å². The van der Waals surface area contributed by atoms with Crippen LogP contribution < -0.4 is 4.57 Å². The van der Waals surface area contributed by atoms with Crippen LogP contribution in [0.4, 0.5) is 0 Å². The van der Waals surface area contributed by atoms with Crippen molar-refractivity contribution in [1.29, 1.82) is 0 Å². The topological polar surface area (TPSA) is 3.88 Å². The van der Waals surface area contributed by atoms with Crippen molar-refractivity contribution in [3.8, 4) is 22.4 Å². The van der Waals surface area contributed by atoms with E-state index in [4.69, 9.17) is 0 Å². The summed E-state index contributed by atoms with van der Waals surface area (Å²) < 4.78 is 2.36. The molecule has 1 heteroatoms. The Balaban J connectivity index is 1.66. The second kappa shape index (κ2) is 8.20. The lowest BCUT2D eigenvalue weighted by molar-refractivity contribution is -0.665. The van der Waals surface area contributed by atoms with Crippen LogP contribution in [-0.2, 0) is 7.05 Å². The van der Waals surface area contributed by atoms with Gasteiger partial charge in [0.05, 0.1) is 5.39 Å². The van der Waals surface area contributed by atoms with Gasteiger partial charge < -0.3 is 0 Å². The van der Waals surface area contributed by atoms with Crippen LogP contribution in [0.1, 0.15) is 59.5 Å². The molecule has 32 heavy (non-hydrogen) atoms. The van der Waals surface area contributed by atoms with E-state index in [1.807, 2.05) is 0 Å². The van der Waals surface area contributed by atoms with Crippen molar-refractivity contribution in [2.24, 2.45) is 7.05 Å². The first-order chi connectivity index (χ1) is 15.4. The first-order valence-corrected chi connectivity index (χ1v) is 12.0. The summed E-state index contributed by atoms with van der Waals surface area (Å²) in [5.41, 5.74) is 12.1. The number of aromatic nitrogens is 1. The molecule has 0 unspecified atom stereocenters. The molecule has 0 spiro atoms. The smallest absolute Gasteiger partial charge is 0.198 e. The van der Waals surface area contributed by atoms with Gasteiger partial charge in [-0.3, -0.25) is 0 Å². The van der Waals surface area contributed by atoms with E-state index < -0.39 is 0 Å². The molecule has 162 valence electrons. The van der Waals surface area contributed by atoms with Gasteiger partial charge in [-0.1, -0.05) is 55.3 Å². The molecule has 1 fully saturated rings. The van der Waals surface area contributed by atoms with Crippen LogP contribution in [0.25, 0.3) is 33.2 Å². The van der Waals surface area contributed by atoms with Crippen molar-refractivity contribution in [1.82, 2.24) is 0 Å². The van der Waals surface area contributed by atoms with Crippen molar-refractivity contribution in [3.05, 3.63) is 88.6 Å². The molecule has 1 aliphatic carbocycles. The Hall–Kier alpha value is -2.93. The predicted molar refractivity (Wildman–Crippen MR) is 136 cm³/mol. The SMILES string of the molecule is Cc1cc(-c2c(C)cccc2C)ccc1-c1c2ccc(C3CCCC3)cc2cc(C)[n+]1C. The zero-order valence-electron chi connectivity index (χ0n) is 20.1. The minimum atomic E-state index is 0.746. The molecule has 5 rings (SSSR count). The van der Waals surface area contributed by atoms with Crippen LogP contribution in [0.3, 0.4) is 0 Å². The van der Waals surface area contributed by atoms with Crippen LogP contribution in [0.15, 0.2) is 60.7 Å². The maximum absolute atomic E-state index is 2.46. The predicted octanol–water partition coefficient (Wildman–Crippen LogP) is 7.89. The van der Waals surface area contributed by atoms with Crippen molar-refractivity contribution >= 4 is 10.8 Å². The molecule has 0 bridgehead atoms. The van der Waals surface area contributed by atoms with Crippen LogP contribution in [0.5, 0.6) is 0 Å². The van der Waals surface area contributed by atoms with Crippen LogP contribution in [0, 0.1) is 27.7 Å². The van der Waals surface area contributed by atoms with E-state index in [1.165, 1.54) is 86.8 Å². The Kier molecular flexibility index (Phi) is 5.37. The van der Waals surface area contributed by atoms with E-state index in [2.05, 4.69) is 100.0 Å². The van der Waals surface area contributed by atoms with Crippen LogP contribution >= 0.6 is 0 Å². The van der Waals surface area contributed by atoms with Gasteiger partial charge in [-0.2, -0.15) is 4.57 Å². The lowest BCUT2D eigenvalue weighted by Gasteiger charge is -2.15. The standard InChI is InChI=1S/C31H34N/c1-20-9-8-10-21(2)30(20)26-14-15-28(22(3)17-26)31-29-16-13-25(24-11-6-7-12-24)19-27(29)18-23(4)32(31)5/h8-10,13-19,24H,6-7,11-12H2,1-5H3/q+1. The van der Waals surface area contributed by atoms with Gasteiger partial charge >= 0.3 is 0 Å².